The molecule has 0 unspecified atom stereocenters. The first-order valence-electron chi connectivity index (χ1n) is 6.29. The van der Waals surface area contributed by atoms with Gasteiger partial charge in [0, 0.05) is 18.8 Å². The van der Waals surface area contributed by atoms with E-state index in [1.165, 1.54) is 11.8 Å². The number of hydrogen-bond donors (Lipinski definition) is 1. The summed E-state index contributed by atoms with van der Waals surface area (Å²) in [5.41, 5.74) is 1.80. The van der Waals surface area contributed by atoms with Crippen molar-refractivity contribution in [2.24, 2.45) is 5.41 Å². The average molecular weight is 259 g/mol. The Kier molecular flexibility index (Phi) is 4.78. The first-order chi connectivity index (χ1) is 7.68. The Labute approximate surface area is 106 Å². The number of nitrogens with one attached hydrogen (secondary N) is 1. The lowest BCUT2D eigenvalue weighted by molar-refractivity contribution is 0.414. The standard InChI is InChI=1S/C13H25NO2S/c1-13(2,3)11-5-7-12(8-6-11)14-9-10-17(4,15)16/h5,12,14H,6-10H2,1-4H3/t12-/m0/s1. The third kappa shape index (κ3) is 5.68. The lowest BCUT2D eigenvalue weighted by Crippen LogP contribution is -2.34. The molecular formula is C13H25NO2S. The van der Waals surface area contributed by atoms with Gasteiger partial charge in [0.05, 0.1) is 5.75 Å². The molecule has 0 fully saturated rings. The maximum atomic E-state index is 11.0. The van der Waals surface area contributed by atoms with Gasteiger partial charge in [-0.25, -0.2) is 8.42 Å². The molecule has 0 aromatic rings. The predicted octanol–water partition coefficient (Wildman–Crippen LogP) is 2.15. The molecule has 0 bridgehead atoms. The van der Waals surface area contributed by atoms with E-state index in [2.05, 4.69) is 32.2 Å². The van der Waals surface area contributed by atoms with Crippen LogP contribution in [0.5, 0.6) is 0 Å². The molecule has 100 valence electrons. The Balaban J connectivity index is 2.35. The lowest BCUT2D eigenvalue weighted by Gasteiger charge is -2.30. The molecule has 1 rings (SSSR count). The topological polar surface area (TPSA) is 46.2 Å². The van der Waals surface area contributed by atoms with Gasteiger partial charge in [-0.05, 0) is 24.7 Å². The summed E-state index contributed by atoms with van der Waals surface area (Å²) in [6.45, 7) is 7.31. The second-order valence-corrected chi connectivity index (χ2v) is 8.29. The van der Waals surface area contributed by atoms with Crippen LogP contribution in [0.2, 0.25) is 0 Å². The quantitative estimate of drug-likeness (QED) is 0.787. The van der Waals surface area contributed by atoms with Crippen LogP contribution in [-0.4, -0.2) is 33.0 Å². The van der Waals surface area contributed by atoms with Gasteiger partial charge in [0.25, 0.3) is 0 Å². The van der Waals surface area contributed by atoms with Gasteiger partial charge in [0.2, 0.25) is 0 Å². The summed E-state index contributed by atoms with van der Waals surface area (Å²) in [6, 6.07) is 0.447. The van der Waals surface area contributed by atoms with E-state index >= 15 is 0 Å². The second kappa shape index (κ2) is 5.53. The molecule has 0 radical (unpaired) electrons. The summed E-state index contributed by atoms with van der Waals surface area (Å²) in [5, 5.41) is 3.33. The Morgan fingerprint density at radius 3 is 2.47 bits per heavy atom. The number of hydrogen-bond acceptors (Lipinski definition) is 3. The van der Waals surface area contributed by atoms with Crippen LogP contribution < -0.4 is 5.32 Å². The molecular weight excluding hydrogens is 234 g/mol. The van der Waals surface area contributed by atoms with Crippen LogP contribution in [0, 0.1) is 5.41 Å². The Morgan fingerprint density at radius 1 is 1.41 bits per heavy atom. The van der Waals surface area contributed by atoms with Crippen molar-refractivity contribution in [3.8, 4) is 0 Å². The summed E-state index contributed by atoms with van der Waals surface area (Å²) in [6.07, 6.45) is 6.87. The van der Waals surface area contributed by atoms with E-state index in [-0.39, 0.29) is 11.2 Å². The van der Waals surface area contributed by atoms with Crippen molar-refractivity contribution in [2.75, 3.05) is 18.6 Å². The van der Waals surface area contributed by atoms with Crippen LogP contribution in [0.25, 0.3) is 0 Å². The van der Waals surface area contributed by atoms with Crippen molar-refractivity contribution in [2.45, 2.75) is 46.1 Å². The summed E-state index contributed by atoms with van der Waals surface area (Å²) in [4.78, 5) is 0. The Bertz CT molecular complexity index is 377. The monoisotopic (exact) mass is 259 g/mol. The van der Waals surface area contributed by atoms with Crippen molar-refractivity contribution < 1.29 is 8.42 Å². The first-order valence-corrected chi connectivity index (χ1v) is 8.35. The first kappa shape index (κ1) is 14.7. The number of sulfone groups is 1. The molecule has 0 heterocycles. The molecule has 1 N–H and O–H groups in total. The van der Waals surface area contributed by atoms with E-state index in [9.17, 15) is 8.42 Å². The molecule has 3 nitrogen and oxygen atoms in total. The fourth-order valence-corrected chi connectivity index (χ4v) is 2.64. The van der Waals surface area contributed by atoms with Gasteiger partial charge in [-0.1, -0.05) is 32.4 Å². The zero-order valence-electron chi connectivity index (χ0n) is 11.4. The van der Waals surface area contributed by atoms with Crippen LogP contribution in [0.15, 0.2) is 11.6 Å². The summed E-state index contributed by atoms with van der Waals surface area (Å²) in [7, 11) is -2.84. The third-order valence-corrected chi connectivity index (χ3v) is 4.23. The van der Waals surface area contributed by atoms with Gasteiger partial charge < -0.3 is 5.32 Å². The molecule has 0 aromatic carbocycles. The summed E-state index contributed by atoms with van der Waals surface area (Å²) in [5.74, 6) is 0.235. The highest BCUT2D eigenvalue weighted by atomic mass is 32.2. The molecule has 0 amide bonds. The van der Waals surface area contributed by atoms with Crippen LogP contribution in [0.3, 0.4) is 0 Å². The minimum Gasteiger partial charge on any atom is -0.313 e. The molecule has 1 aliphatic rings. The van der Waals surface area contributed by atoms with Gasteiger partial charge in [-0.2, -0.15) is 0 Å². The summed E-state index contributed by atoms with van der Waals surface area (Å²) >= 11 is 0. The largest absolute Gasteiger partial charge is 0.313 e. The second-order valence-electron chi connectivity index (χ2n) is 6.03. The number of rotatable bonds is 4. The van der Waals surface area contributed by atoms with E-state index in [0.717, 1.165) is 19.3 Å². The highest BCUT2D eigenvalue weighted by Crippen LogP contribution is 2.32. The van der Waals surface area contributed by atoms with Crippen molar-refractivity contribution in [1.82, 2.24) is 5.32 Å². The maximum Gasteiger partial charge on any atom is 0.148 e. The fraction of sp³-hybridized carbons (Fsp3) is 0.846. The molecule has 0 aromatic heterocycles. The van der Waals surface area contributed by atoms with Gasteiger partial charge in [-0.3, -0.25) is 0 Å². The number of allylic oxidation sites excluding steroid dienone is 1. The molecule has 0 spiro atoms. The van der Waals surface area contributed by atoms with Crippen molar-refractivity contribution in [3.05, 3.63) is 11.6 Å². The predicted molar refractivity (Wildman–Crippen MR) is 72.9 cm³/mol. The zero-order chi connectivity index (χ0) is 13.1. The van der Waals surface area contributed by atoms with Gasteiger partial charge in [-0.15, -0.1) is 0 Å². The molecule has 1 aliphatic carbocycles. The lowest BCUT2D eigenvalue weighted by atomic mass is 9.79. The molecule has 0 saturated heterocycles. The zero-order valence-corrected chi connectivity index (χ0v) is 12.2. The molecule has 1 atom stereocenters. The highest BCUT2D eigenvalue weighted by Gasteiger charge is 2.22. The van der Waals surface area contributed by atoms with Crippen LogP contribution >= 0.6 is 0 Å². The fourth-order valence-electron chi connectivity index (χ4n) is 2.15. The Morgan fingerprint density at radius 2 is 2.06 bits per heavy atom. The normalized spacial score (nSPS) is 22.4. The highest BCUT2D eigenvalue weighted by molar-refractivity contribution is 7.90. The van der Waals surface area contributed by atoms with Crippen molar-refractivity contribution in [3.63, 3.8) is 0 Å². The maximum absolute atomic E-state index is 11.0. The Hall–Kier alpha value is -0.350. The van der Waals surface area contributed by atoms with E-state index in [1.807, 2.05) is 0 Å². The van der Waals surface area contributed by atoms with E-state index in [1.54, 1.807) is 0 Å². The van der Waals surface area contributed by atoms with Gasteiger partial charge >= 0.3 is 0 Å². The van der Waals surface area contributed by atoms with E-state index in [4.69, 9.17) is 0 Å². The molecule has 0 aliphatic heterocycles. The van der Waals surface area contributed by atoms with E-state index in [0.29, 0.717) is 12.6 Å². The van der Waals surface area contributed by atoms with Gasteiger partial charge in [0.1, 0.15) is 9.84 Å². The van der Waals surface area contributed by atoms with Crippen molar-refractivity contribution >= 4 is 9.84 Å². The van der Waals surface area contributed by atoms with Crippen molar-refractivity contribution in [1.29, 1.82) is 0 Å². The van der Waals surface area contributed by atoms with E-state index < -0.39 is 9.84 Å². The van der Waals surface area contributed by atoms with Crippen LogP contribution in [-0.2, 0) is 9.84 Å². The minimum atomic E-state index is -2.84. The van der Waals surface area contributed by atoms with Gasteiger partial charge in [0.15, 0.2) is 0 Å². The SMILES string of the molecule is CC(C)(C)C1=CC[C@H](NCCS(C)(=O)=O)CC1. The van der Waals surface area contributed by atoms with Crippen LogP contribution in [0.4, 0.5) is 0 Å². The molecule has 17 heavy (non-hydrogen) atoms. The molecule has 4 heteroatoms. The summed E-state index contributed by atoms with van der Waals surface area (Å²) < 4.78 is 22.0. The van der Waals surface area contributed by atoms with Crippen LogP contribution in [0.1, 0.15) is 40.0 Å². The third-order valence-electron chi connectivity index (χ3n) is 3.28. The molecule has 0 saturated carbocycles. The average Bonchev–Trinajstić information content (AvgIpc) is 2.15. The minimum absolute atomic E-state index is 0.235. The smallest absolute Gasteiger partial charge is 0.148 e.